The molecule has 0 bridgehead atoms. The van der Waals surface area contributed by atoms with Crippen LogP contribution in [-0.4, -0.2) is 32.0 Å². The van der Waals surface area contributed by atoms with Gasteiger partial charge < -0.3 is 10.1 Å². The molecule has 0 saturated carbocycles. The summed E-state index contributed by atoms with van der Waals surface area (Å²) in [6.45, 7) is 0. The first-order chi connectivity index (χ1) is 8.93. The number of anilines is 1. The van der Waals surface area contributed by atoms with Crippen LogP contribution >= 0.6 is 0 Å². The van der Waals surface area contributed by atoms with Gasteiger partial charge in [-0.3, -0.25) is 10.1 Å². The maximum atomic E-state index is 11.5. The quantitative estimate of drug-likeness (QED) is 0.654. The fourth-order valence-electron chi connectivity index (χ4n) is 1.83. The van der Waals surface area contributed by atoms with E-state index in [1.54, 1.807) is 24.3 Å². The minimum absolute atomic E-state index is 0.0921. The van der Waals surface area contributed by atoms with Crippen molar-refractivity contribution in [3.8, 4) is 5.75 Å². The molecule has 0 unspecified atom stereocenters. The molecule has 1 aliphatic rings. The molecule has 1 aromatic carbocycles. The second kappa shape index (κ2) is 4.88. The smallest absolute Gasteiger partial charge is 0.281 e. The van der Waals surface area contributed by atoms with E-state index in [1.165, 1.54) is 7.11 Å². The van der Waals surface area contributed by atoms with Crippen molar-refractivity contribution in [3.63, 3.8) is 0 Å². The zero-order valence-corrected chi connectivity index (χ0v) is 10.9. The average Bonchev–Trinajstić information content (AvgIpc) is 2.65. The SMILES string of the molecule is COc1ccccc1NC1=C([N+](=O)[O-])CS(=O)(=O)C1. The molecule has 0 amide bonds. The number of nitrogens with zero attached hydrogens (tertiary/aromatic N) is 1. The maximum Gasteiger partial charge on any atom is 0.281 e. The van der Waals surface area contributed by atoms with Gasteiger partial charge in [-0.15, -0.1) is 0 Å². The Hall–Kier alpha value is -2.09. The Morgan fingerprint density at radius 2 is 2.00 bits per heavy atom. The van der Waals surface area contributed by atoms with Crippen LogP contribution in [-0.2, 0) is 9.84 Å². The number of benzene rings is 1. The van der Waals surface area contributed by atoms with Gasteiger partial charge in [0.1, 0.15) is 17.2 Å². The summed E-state index contributed by atoms with van der Waals surface area (Å²) in [5.74, 6) is -0.416. The van der Waals surface area contributed by atoms with E-state index in [4.69, 9.17) is 4.74 Å². The number of para-hydroxylation sites is 2. The van der Waals surface area contributed by atoms with Crippen molar-refractivity contribution in [3.05, 3.63) is 45.8 Å². The minimum Gasteiger partial charge on any atom is -0.495 e. The van der Waals surface area contributed by atoms with Crippen molar-refractivity contribution in [2.45, 2.75) is 0 Å². The normalized spacial score (nSPS) is 17.3. The van der Waals surface area contributed by atoms with E-state index in [1.807, 2.05) is 0 Å². The molecule has 0 saturated heterocycles. The molecule has 2 rings (SSSR count). The molecular formula is C11H12N2O5S. The van der Waals surface area contributed by atoms with Gasteiger partial charge in [-0.1, -0.05) is 12.1 Å². The van der Waals surface area contributed by atoms with Crippen molar-refractivity contribution < 1.29 is 18.1 Å². The van der Waals surface area contributed by atoms with Crippen LogP contribution in [0.4, 0.5) is 5.69 Å². The summed E-state index contributed by atoms with van der Waals surface area (Å²) in [6.07, 6.45) is 0. The van der Waals surface area contributed by atoms with Crippen LogP contribution in [0.1, 0.15) is 0 Å². The molecule has 1 aromatic rings. The lowest BCUT2D eigenvalue weighted by atomic mass is 10.2. The largest absolute Gasteiger partial charge is 0.495 e. The monoisotopic (exact) mass is 284 g/mol. The van der Waals surface area contributed by atoms with E-state index in [-0.39, 0.29) is 17.1 Å². The molecule has 7 nitrogen and oxygen atoms in total. The van der Waals surface area contributed by atoms with Gasteiger partial charge in [-0.05, 0) is 12.1 Å². The molecular weight excluding hydrogens is 272 g/mol. The lowest BCUT2D eigenvalue weighted by Gasteiger charge is -2.10. The number of methoxy groups -OCH3 is 1. The Morgan fingerprint density at radius 1 is 1.32 bits per heavy atom. The number of ether oxygens (including phenoxy) is 1. The van der Waals surface area contributed by atoms with Crippen LogP contribution in [0.15, 0.2) is 35.7 Å². The van der Waals surface area contributed by atoms with Gasteiger partial charge in [0.15, 0.2) is 9.84 Å². The molecule has 0 radical (unpaired) electrons. The molecule has 0 atom stereocenters. The van der Waals surface area contributed by atoms with E-state index in [2.05, 4.69) is 5.32 Å². The Labute approximate surface area is 110 Å². The molecule has 1 heterocycles. The summed E-state index contributed by atoms with van der Waals surface area (Å²) in [6, 6.07) is 6.81. The van der Waals surface area contributed by atoms with Crippen LogP contribution in [0, 0.1) is 10.1 Å². The maximum absolute atomic E-state index is 11.5. The number of nitro groups is 1. The Bertz CT molecular complexity index is 651. The van der Waals surface area contributed by atoms with E-state index >= 15 is 0 Å². The van der Waals surface area contributed by atoms with Gasteiger partial charge in [0.05, 0.1) is 23.5 Å². The highest BCUT2D eigenvalue weighted by atomic mass is 32.2. The van der Waals surface area contributed by atoms with Gasteiger partial charge in [0.2, 0.25) is 0 Å². The summed E-state index contributed by atoms with van der Waals surface area (Å²) in [5, 5.41) is 13.6. The molecule has 8 heteroatoms. The van der Waals surface area contributed by atoms with Crippen molar-refractivity contribution in [1.29, 1.82) is 0 Å². The molecule has 1 N–H and O–H groups in total. The van der Waals surface area contributed by atoms with Gasteiger partial charge in [-0.25, -0.2) is 8.42 Å². The lowest BCUT2D eigenvalue weighted by Crippen LogP contribution is -2.08. The zero-order valence-electron chi connectivity index (χ0n) is 10.1. The van der Waals surface area contributed by atoms with Crippen molar-refractivity contribution in [1.82, 2.24) is 0 Å². The van der Waals surface area contributed by atoms with Gasteiger partial charge in [-0.2, -0.15) is 0 Å². The van der Waals surface area contributed by atoms with E-state index < -0.39 is 20.5 Å². The highest BCUT2D eigenvalue weighted by molar-refractivity contribution is 7.92. The molecule has 0 aromatic heterocycles. The molecule has 0 spiro atoms. The topological polar surface area (TPSA) is 98.5 Å². The van der Waals surface area contributed by atoms with Crippen LogP contribution in [0.2, 0.25) is 0 Å². The standard InChI is InChI=1S/C11H12N2O5S/c1-18-11-5-3-2-4-8(11)12-9-6-19(16,17)7-10(9)13(14)15/h2-5,12H,6-7H2,1H3. The fourth-order valence-corrected chi connectivity index (χ4v) is 3.31. The van der Waals surface area contributed by atoms with Crippen molar-refractivity contribution in [2.24, 2.45) is 0 Å². The van der Waals surface area contributed by atoms with Gasteiger partial charge >= 0.3 is 0 Å². The van der Waals surface area contributed by atoms with Crippen LogP contribution in [0.25, 0.3) is 0 Å². The molecule has 19 heavy (non-hydrogen) atoms. The first kappa shape index (κ1) is 13.3. The van der Waals surface area contributed by atoms with Crippen molar-refractivity contribution >= 4 is 15.5 Å². The molecule has 0 fully saturated rings. The summed E-state index contributed by atoms with van der Waals surface area (Å²) in [4.78, 5) is 10.2. The van der Waals surface area contributed by atoms with E-state index in [0.717, 1.165) is 0 Å². The fraction of sp³-hybridized carbons (Fsp3) is 0.273. The molecule has 0 aliphatic carbocycles. The summed E-state index contributed by atoms with van der Waals surface area (Å²) < 4.78 is 28.1. The third kappa shape index (κ3) is 2.84. The van der Waals surface area contributed by atoms with Crippen LogP contribution < -0.4 is 10.1 Å². The summed E-state index contributed by atoms with van der Waals surface area (Å²) >= 11 is 0. The first-order valence-corrected chi connectivity index (χ1v) is 7.22. The van der Waals surface area contributed by atoms with Crippen LogP contribution in [0.3, 0.4) is 0 Å². The van der Waals surface area contributed by atoms with Gasteiger partial charge in [0.25, 0.3) is 5.70 Å². The second-order valence-corrected chi connectivity index (χ2v) is 6.10. The lowest BCUT2D eigenvalue weighted by molar-refractivity contribution is -0.424. The predicted octanol–water partition coefficient (Wildman–Crippen LogP) is 1.02. The van der Waals surface area contributed by atoms with Crippen LogP contribution in [0.5, 0.6) is 5.75 Å². The Balaban J connectivity index is 2.36. The Morgan fingerprint density at radius 3 is 2.63 bits per heavy atom. The number of rotatable bonds is 4. The zero-order chi connectivity index (χ0) is 14.0. The van der Waals surface area contributed by atoms with Gasteiger partial charge in [0, 0.05) is 0 Å². The third-order valence-electron chi connectivity index (χ3n) is 2.68. The number of hydrogen-bond acceptors (Lipinski definition) is 6. The summed E-state index contributed by atoms with van der Waals surface area (Å²) in [7, 11) is -1.98. The highest BCUT2D eigenvalue weighted by Gasteiger charge is 2.36. The second-order valence-electron chi connectivity index (χ2n) is 4.04. The average molecular weight is 284 g/mol. The number of sulfone groups is 1. The number of hydrogen-bond donors (Lipinski definition) is 1. The summed E-state index contributed by atoms with van der Waals surface area (Å²) in [5.41, 5.74) is 0.275. The first-order valence-electron chi connectivity index (χ1n) is 5.40. The number of nitrogens with one attached hydrogen (secondary N) is 1. The minimum atomic E-state index is -3.45. The van der Waals surface area contributed by atoms with Crippen molar-refractivity contribution in [2.75, 3.05) is 23.9 Å². The van der Waals surface area contributed by atoms with E-state index in [0.29, 0.717) is 11.4 Å². The van der Waals surface area contributed by atoms with E-state index in [9.17, 15) is 18.5 Å². The highest BCUT2D eigenvalue weighted by Crippen LogP contribution is 2.28. The third-order valence-corrected chi connectivity index (χ3v) is 4.12. The molecule has 1 aliphatic heterocycles. The Kier molecular flexibility index (Phi) is 3.43. The molecule has 102 valence electrons. The predicted molar refractivity (Wildman–Crippen MR) is 69.3 cm³/mol.